The Morgan fingerprint density at radius 3 is 2.88 bits per heavy atom. The van der Waals surface area contributed by atoms with Gasteiger partial charge in [-0.1, -0.05) is 0 Å². The second kappa shape index (κ2) is 5.62. The Hall–Kier alpha value is -1.40. The average molecular weight is 225 g/mol. The van der Waals surface area contributed by atoms with Gasteiger partial charge in [0.05, 0.1) is 11.8 Å². The van der Waals surface area contributed by atoms with E-state index in [9.17, 15) is 4.79 Å². The van der Waals surface area contributed by atoms with Crippen LogP contribution in [0.25, 0.3) is 0 Å². The van der Waals surface area contributed by atoms with Crippen molar-refractivity contribution in [2.75, 3.05) is 20.6 Å². The Labute approximate surface area is 95.4 Å². The molecule has 90 valence electrons. The number of carbonyl (C=O) groups is 1. The van der Waals surface area contributed by atoms with E-state index < -0.39 is 0 Å². The second-order valence-electron chi connectivity index (χ2n) is 3.84. The Morgan fingerprint density at radius 1 is 1.62 bits per heavy atom. The number of carbonyl (C=O) groups excluding carboxylic acids is 1. The summed E-state index contributed by atoms with van der Waals surface area (Å²) in [6, 6.07) is 0. The molecular weight excluding hydrogens is 206 g/mol. The maximum atomic E-state index is 11.7. The number of nitrogens with zero attached hydrogens (tertiary/aromatic N) is 3. The van der Waals surface area contributed by atoms with E-state index in [0.29, 0.717) is 12.1 Å². The molecular formula is C10H19N5O. The molecule has 1 aromatic heterocycles. The number of rotatable bonds is 5. The van der Waals surface area contributed by atoms with E-state index in [1.165, 1.54) is 0 Å². The standard InChI is InChI=1S/C10H19N5O/c1-8-9(10(16)13-14(2)3)7-12-15(8)6-4-5-11/h7H,4-6,11H2,1-3H3,(H,13,16). The van der Waals surface area contributed by atoms with E-state index >= 15 is 0 Å². The first kappa shape index (κ1) is 12.7. The van der Waals surface area contributed by atoms with Crippen molar-refractivity contribution in [3.63, 3.8) is 0 Å². The van der Waals surface area contributed by atoms with Gasteiger partial charge in [0.2, 0.25) is 0 Å². The second-order valence-corrected chi connectivity index (χ2v) is 3.84. The molecule has 0 bridgehead atoms. The third-order valence-electron chi connectivity index (χ3n) is 2.25. The maximum absolute atomic E-state index is 11.7. The van der Waals surface area contributed by atoms with Crippen molar-refractivity contribution in [2.24, 2.45) is 5.73 Å². The fourth-order valence-corrected chi connectivity index (χ4v) is 1.40. The minimum absolute atomic E-state index is 0.138. The Bertz CT molecular complexity index is 358. The first-order valence-corrected chi connectivity index (χ1v) is 5.27. The molecule has 0 radical (unpaired) electrons. The molecule has 3 N–H and O–H groups in total. The summed E-state index contributed by atoms with van der Waals surface area (Å²) >= 11 is 0. The zero-order chi connectivity index (χ0) is 12.1. The SMILES string of the molecule is Cc1c(C(=O)NN(C)C)cnn1CCCN. The maximum Gasteiger partial charge on any atom is 0.269 e. The molecule has 0 aliphatic carbocycles. The van der Waals surface area contributed by atoms with E-state index in [2.05, 4.69) is 10.5 Å². The van der Waals surface area contributed by atoms with Crippen molar-refractivity contribution in [3.8, 4) is 0 Å². The first-order valence-electron chi connectivity index (χ1n) is 5.27. The summed E-state index contributed by atoms with van der Waals surface area (Å²) in [6.07, 6.45) is 2.45. The first-order chi connectivity index (χ1) is 7.56. The van der Waals surface area contributed by atoms with Crippen molar-refractivity contribution >= 4 is 5.91 Å². The van der Waals surface area contributed by atoms with E-state index in [-0.39, 0.29) is 5.91 Å². The summed E-state index contributed by atoms with van der Waals surface area (Å²) in [6.45, 7) is 3.25. The van der Waals surface area contributed by atoms with Gasteiger partial charge in [-0.15, -0.1) is 0 Å². The quantitative estimate of drug-likeness (QED) is 0.677. The summed E-state index contributed by atoms with van der Waals surface area (Å²) in [5.41, 5.74) is 9.59. The normalized spacial score (nSPS) is 10.8. The van der Waals surface area contributed by atoms with Crippen LogP contribution in [0, 0.1) is 6.92 Å². The lowest BCUT2D eigenvalue weighted by atomic mass is 10.2. The van der Waals surface area contributed by atoms with E-state index in [1.807, 2.05) is 6.92 Å². The minimum Gasteiger partial charge on any atom is -0.330 e. The topological polar surface area (TPSA) is 76.2 Å². The minimum atomic E-state index is -0.138. The van der Waals surface area contributed by atoms with Gasteiger partial charge < -0.3 is 5.73 Å². The Morgan fingerprint density at radius 2 is 2.31 bits per heavy atom. The van der Waals surface area contributed by atoms with Crippen molar-refractivity contribution in [1.29, 1.82) is 0 Å². The number of aryl methyl sites for hydroxylation is 1. The van der Waals surface area contributed by atoms with Gasteiger partial charge in [-0.05, 0) is 19.9 Å². The lowest BCUT2D eigenvalue weighted by molar-refractivity contribution is 0.0856. The number of hydrazine groups is 1. The Kier molecular flexibility index (Phi) is 4.45. The van der Waals surface area contributed by atoms with Crippen molar-refractivity contribution < 1.29 is 4.79 Å². The van der Waals surface area contributed by atoms with Crippen LogP contribution in [-0.4, -0.2) is 41.3 Å². The molecule has 1 amide bonds. The summed E-state index contributed by atoms with van der Waals surface area (Å²) in [5, 5.41) is 5.77. The molecule has 0 spiro atoms. The van der Waals surface area contributed by atoms with Gasteiger partial charge in [-0.2, -0.15) is 5.10 Å². The van der Waals surface area contributed by atoms with Crippen LogP contribution in [-0.2, 0) is 6.54 Å². The highest BCUT2D eigenvalue weighted by Crippen LogP contribution is 2.07. The molecule has 0 aliphatic rings. The predicted octanol–water partition coefficient (Wildman–Crippen LogP) is -0.253. The number of hydrogen-bond donors (Lipinski definition) is 2. The number of nitrogens with one attached hydrogen (secondary N) is 1. The lowest BCUT2D eigenvalue weighted by Gasteiger charge is -2.11. The molecule has 6 nitrogen and oxygen atoms in total. The molecule has 16 heavy (non-hydrogen) atoms. The molecule has 1 heterocycles. The number of hydrogen-bond acceptors (Lipinski definition) is 4. The van der Waals surface area contributed by atoms with Crippen LogP contribution < -0.4 is 11.2 Å². The van der Waals surface area contributed by atoms with Crippen LogP contribution in [0.15, 0.2) is 6.20 Å². The van der Waals surface area contributed by atoms with Crippen LogP contribution in [0.1, 0.15) is 22.5 Å². The third-order valence-corrected chi connectivity index (χ3v) is 2.25. The zero-order valence-electron chi connectivity index (χ0n) is 10.0. The average Bonchev–Trinajstić information content (AvgIpc) is 2.56. The highest BCUT2D eigenvalue weighted by atomic mass is 16.2. The van der Waals surface area contributed by atoms with E-state index in [4.69, 9.17) is 5.73 Å². The fraction of sp³-hybridized carbons (Fsp3) is 0.600. The van der Waals surface area contributed by atoms with Crippen LogP contribution >= 0.6 is 0 Å². The van der Waals surface area contributed by atoms with Crippen LogP contribution in [0.2, 0.25) is 0 Å². The summed E-state index contributed by atoms with van der Waals surface area (Å²) in [5.74, 6) is -0.138. The molecule has 1 aromatic rings. The van der Waals surface area contributed by atoms with Crippen LogP contribution in [0.5, 0.6) is 0 Å². The number of aromatic nitrogens is 2. The predicted molar refractivity (Wildman–Crippen MR) is 61.8 cm³/mol. The van der Waals surface area contributed by atoms with E-state index in [1.54, 1.807) is 30.0 Å². The summed E-state index contributed by atoms with van der Waals surface area (Å²) in [7, 11) is 3.54. The lowest BCUT2D eigenvalue weighted by Crippen LogP contribution is -2.36. The monoisotopic (exact) mass is 225 g/mol. The largest absolute Gasteiger partial charge is 0.330 e. The Balaban J connectivity index is 2.74. The highest BCUT2D eigenvalue weighted by Gasteiger charge is 2.13. The molecule has 0 fully saturated rings. The van der Waals surface area contributed by atoms with Crippen molar-refractivity contribution in [3.05, 3.63) is 17.5 Å². The molecule has 0 atom stereocenters. The van der Waals surface area contributed by atoms with Gasteiger partial charge in [0, 0.05) is 26.3 Å². The molecule has 6 heteroatoms. The molecule has 1 rings (SSSR count). The van der Waals surface area contributed by atoms with Gasteiger partial charge in [0.1, 0.15) is 0 Å². The fourth-order valence-electron chi connectivity index (χ4n) is 1.40. The van der Waals surface area contributed by atoms with Gasteiger partial charge in [-0.25, -0.2) is 5.01 Å². The third kappa shape index (κ3) is 3.04. The summed E-state index contributed by atoms with van der Waals surface area (Å²) in [4.78, 5) is 11.7. The van der Waals surface area contributed by atoms with Crippen LogP contribution in [0.4, 0.5) is 0 Å². The van der Waals surface area contributed by atoms with Crippen LogP contribution in [0.3, 0.4) is 0 Å². The number of nitrogens with two attached hydrogens (primary N) is 1. The summed E-state index contributed by atoms with van der Waals surface area (Å²) < 4.78 is 1.80. The zero-order valence-corrected chi connectivity index (χ0v) is 10.0. The smallest absolute Gasteiger partial charge is 0.269 e. The van der Waals surface area contributed by atoms with Crippen molar-refractivity contribution in [2.45, 2.75) is 19.9 Å². The molecule has 0 unspecified atom stereocenters. The van der Waals surface area contributed by atoms with E-state index in [0.717, 1.165) is 18.7 Å². The van der Waals surface area contributed by atoms with Gasteiger partial charge in [-0.3, -0.25) is 14.9 Å². The molecule has 0 saturated heterocycles. The van der Waals surface area contributed by atoms with Gasteiger partial charge in [0.25, 0.3) is 5.91 Å². The molecule has 0 aromatic carbocycles. The number of amides is 1. The molecule has 0 saturated carbocycles. The highest BCUT2D eigenvalue weighted by molar-refractivity contribution is 5.94. The van der Waals surface area contributed by atoms with Gasteiger partial charge in [0.15, 0.2) is 0 Å². The van der Waals surface area contributed by atoms with Gasteiger partial charge >= 0.3 is 0 Å². The molecule has 0 aliphatic heterocycles. The van der Waals surface area contributed by atoms with Crippen molar-refractivity contribution in [1.82, 2.24) is 20.2 Å².